The molecule has 2 aromatic carbocycles. The highest BCUT2D eigenvalue weighted by Gasteiger charge is 2.22. The maximum Gasteiger partial charge on any atom is 0.340 e. The Labute approximate surface area is 177 Å². The monoisotopic (exact) mass is 516 g/mol. The zero-order chi connectivity index (χ0) is 18.7. The first-order valence-electron chi connectivity index (χ1n) is 7.51. The Bertz CT molecular complexity index is 933. The van der Waals surface area contributed by atoms with E-state index in [1.54, 1.807) is 24.7 Å². The molecule has 0 saturated carbocycles. The quantitative estimate of drug-likeness (QED) is 0.372. The van der Waals surface area contributed by atoms with Crippen molar-refractivity contribution < 1.29 is 9.53 Å². The SMILES string of the molecule is O=C(OC(Cn1ccnc1)c1ccc(Br)cc1Br)c1ccc(Cl)cc1Cl. The number of esters is 1. The molecule has 1 unspecified atom stereocenters. The smallest absolute Gasteiger partial charge is 0.340 e. The second-order valence-corrected chi connectivity index (χ2v) is 8.06. The number of benzene rings is 2. The Hall–Kier alpha value is -1.34. The second-order valence-electron chi connectivity index (χ2n) is 5.44. The summed E-state index contributed by atoms with van der Waals surface area (Å²) in [6.07, 6.45) is 4.61. The molecule has 8 heteroatoms. The number of halogens is 4. The average molecular weight is 519 g/mol. The minimum absolute atomic E-state index is 0.249. The van der Waals surface area contributed by atoms with E-state index in [9.17, 15) is 4.79 Å². The van der Waals surface area contributed by atoms with Crippen molar-refractivity contribution in [3.63, 3.8) is 0 Å². The third-order valence-electron chi connectivity index (χ3n) is 3.65. The van der Waals surface area contributed by atoms with Gasteiger partial charge in [-0.25, -0.2) is 9.78 Å². The molecule has 0 amide bonds. The van der Waals surface area contributed by atoms with E-state index in [0.29, 0.717) is 11.6 Å². The molecule has 26 heavy (non-hydrogen) atoms. The van der Waals surface area contributed by atoms with Gasteiger partial charge in [-0.05, 0) is 30.3 Å². The van der Waals surface area contributed by atoms with Gasteiger partial charge in [0.05, 0.1) is 23.5 Å². The van der Waals surface area contributed by atoms with E-state index >= 15 is 0 Å². The van der Waals surface area contributed by atoms with Crippen LogP contribution in [0.25, 0.3) is 0 Å². The predicted molar refractivity (Wildman–Crippen MR) is 109 cm³/mol. The third-order valence-corrected chi connectivity index (χ3v) is 5.37. The normalized spacial score (nSPS) is 12.0. The lowest BCUT2D eigenvalue weighted by atomic mass is 10.1. The van der Waals surface area contributed by atoms with Gasteiger partial charge in [-0.1, -0.05) is 61.1 Å². The van der Waals surface area contributed by atoms with Crippen LogP contribution in [0, 0.1) is 0 Å². The summed E-state index contributed by atoms with van der Waals surface area (Å²) >= 11 is 19.0. The lowest BCUT2D eigenvalue weighted by Gasteiger charge is -2.20. The van der Waals surface area contributed by atoms with Gasteiger partial charge in [0, 0.05) is 31.9 Å². The molecule has 134 valence electrons. The van der Waals surface area contributed by atoms with Crippen LogP contribution in [0.3, 0.4) is 0 Å². The molecule has 0 bridgehead atoms. The minimum Gasteiger partial charge on any atom is -0.452 e. The molecule has 3 rings (SSSR count). The zero-order valence-corrected chi connectivity index (χ0v) is 17.9. The number of ether oxygens (including phenoxy) is 1. The van der Waals surface area contributed by atoms with Crippen LogP contribution in [0.5, 0.6) is 0 Å². The zero-order valence-electron chi connectivity index (χ0n) is 13.2. The highest BCUT2D eigenvalue weighted by molar-refractivity contribution is 9.11. The van der Waals surface area contributed by atoms with Gasteiger partial charge in [-0.2, -0.15) is 0 Å². The highest BCUT2D eigenvalue weighted by atomic mass is 79.9. The maximum absolute atomic E-state index is 12.7. The van der Waals surface area contributed by atoms with Gasteiger partial charge in [-0.15, -0.1) is 0 Å². The first-order chi connectivity index (χ1) is 12.4. The van der Waals surface area contributed by atoms with Crippen LogP contribution in [0.1, 0.15) is 22.0 Å². The van der Waals surface area contributed by atoms with Gasteiger partial charge in [-0.3, -0.25) is 0 Å². The summed E-state index contributed by atoms with van der Waals surface area (Å²) in [6.45, 7) is 0.414. The van der Waals surface area contributed by atoms with Gasteiger partial charge in [0.1, 0.15) is 6.10 Å². The fourth-order valence-electron chi connectivity index (χ4n) is 2.40. The van der Waals surface area contributed by atoms with Crippen LogP contribution in [-0.4, -0.2) is 15.5 Å². The summed E-state index contributed by atoms with van der Waals surface area (Å²) in [7, 11) is 0. The minimum atomic E-state index is -0.536. The molecular formula is C18H12Br2Cl2N2O2. The third kappa shape index (κ3) is 4.68. The number of imidazole rings is 1. The van der Waals surface area contributed by atoms with E-state index in [1.165, 1.54) is 6.07 Å². The molecule has 0 aliphatic carbocycles. The maximum atomic E-state index is 12.7. The number of hydrogen-bond donors (Lipinski definition) is 0. The van der Waals surface area contributed by atoms with Crippen molar-refractivity contribution in [2.45, 2.75) is 12.6 Å². The molecule has 0 N–H and O–H groups in total. The molecule has 1 heterocycles. The van der Waals surface area contributed by atoms with Gasteiger partial charge >= 0.3 is 5.97 Å². The Morgan fingerprint density at radius 1 is 1.19 bits per heavy atom. The molecule has 3 aromatic rings. The summed E-state index contributed by atoms with van der Waals surface area (Å²) in [4.78, 5) is 16.7. The number of rotatable bonds is 5. The molecular weight excluding hydrogens is 507 g/mol. The molecule has 0 radical (unpaired) electrons. The van der Waals surface area contributed by atoms with E-state index in [1.807, 2.05) is 29.0 Å². The number of carbonyl (C=O) groups excluding carboxylic acids is 1. The largest absolute Gasteiger partial charge is 0.452 e. The Morgan fingerprint density at radius 3 is 2.65 bits per heavy atom. The summed E-state index contributed by atoms with van der Waals surface area (Å²) in [5, 5.41) is 0.705. The first-order valence-corrected chi connectivity index (χ1v) is 9.85. The van der Waals surface area contributed by atoms with E-state index < -0.39 is 12.1 Å². The fraction of sp³-hybridized carbons (Fsp3) is 0.111. The van der Waals surface area contributed by atoms with E-state index in [-0.39, 0.29) is 10.6 Å². The number of carbonyl (C=O) groups is 1. The first kappa shape index (κ1) is 19.4. The van der Waals surface area contributed by atoms with Gasteiger partial charge in [0.15, 0.2) is 0 Å². The number of hydrogen-bond acceptors (Lipinski definition) is 3. The molecule has 0 aliphatic heterocycles. The second kappa shape index (κ2) is 8.57. The van der Waals surface area contributed by atoms with Gasteiger partial charge in [0.25, 0.3) is 0 Å². The van der Waals surface area contributed by atoms with Crippen molar-refractivity contribution >= 4 is 61.0 Å². The number of nitrogens with zero attached hydrogens (tertiary/aromatic N) is 2. The van der Waals surface area contributed by atoms with Crippen molar-refractivity contribution in [3.05, 3.63) is 85.2 Å². The van der Waals surface area contributed by atoms with Crippen molar-refractivity contribution in [1.82, 2.24) is 9.55 Å². The predicted octanol–water partition coefficient (Wildman–Crippen LogP) is 6.31. The van der Waals surface area contributed by atoms with Crippen LogP contribution in [-0.2, 0) is 11.3 Å². The van der Waals surface area contributed by atoms with Crippen LogP contribution < -0.4 is 0 Å². The summed E-state index contributed by atoms with van der Waals surface area (Å²) in [6, 6.07) is 10.4. The lowest BCUT2D eigenvalue weighted by Crippen LogP contribution is -2.17. The summed E-state index contributed by atoms with van der Waals surface area (Å²) < 4.78 is 9.36. The molecule has 4 nitrogen and oxygen atoms in total. The molecule has 1 aromatic heterocycles. The van der Waals surface area contributed by atoms with Crippen LogP contribution in [0.4, 0.5) is 0 Å². The standard InChI is InChI=1S/C18H12Br2Cl2N2O2/c19-11-1-3-13(15(20)7-11)17(9-24-6-5-23-10-24)26-18(25)14-4-2-12(21)8-16(14)22/h1-8,10,17H,9H2. The van der Waals surface area contributed by atoms with Gasteiger partial charge in [0.2, 0.25) is 0 Å². The van der Waals surface area contributed by atoms with E-state index in [2.05, 4.69) is 36.8 Å². The summed E-state index contributed by atoms with van der Waals surface area (Å²) in [5.74, 6) is -0.522. The lowest BCUT2D eigenvalue weighted by molar-refractivity contribution is 0.0253. The summed E-state index contributed by atoms with van der Waals surface area (Å²) in [5.41, 5.74) is 1.10. The van der Waals surface area contributed by atoms with E-state index in [0.717, 1.165) is 14.5 Å². The Balaban J connectivity index is 1.91. The van der Waals surface area contributed by atoms with Gasteiger partial charge < -0.3 is 9.30 Å². The number of aromatic nitrogens is 2. The van der Waals surface area contributed by atoms with Crippen LogP contribution in [0.15, 0.2) is 64.1 Å². The van der Waals surface area contributed by atoms with Crippen molar-refractivity contribution in [2.24, 2.45) is 0 Å². The molecule has 1 atom stereocenters. The highest BCUT2D eigenvalue weighted by Crippen LogP contribution is 2.32. The average Bonchev–Trinajstić information content (AvgIpc) is 3.07. The Kier molecular flexibility index (Phi) is 6.40. The molecule has 0 aliphatic rings. The van der Waals surface area contributed by atoms with Crippen molar-refractivity contribution in [3.8, 4) is 0 Å². The topological polar surface area (TPSA) is 44.1 Å². The van der Waals surface area contributed by atoms with Crippen LogP contribution >= 0.6 is 55.1 Å². The molecule has 0 fully saturated rings. The van der Waals surface area contributed by atoms with Crippen molar-refractivity contribution in [1.29, 1.82) is 0 Å². The molecule has 0 saturated heterocycles. The fourth-order valence-corrected chi connectivity index (χ4v) is 4.18. The Morgan fingerprint density at radius 2 is 2.00 bits per heavy atom. The molecule has 0 spiro atoms. The van der Waals surface area contributed by atoms with Crippen molar-refractivity contribution in [2.75, 3.05) is 0 Å². The van der Waals surface area contributed by atoms with Crippen LogP contribution in [0.2, 0.25) is 10.0 Å². The van der Waals surface area contributed by atoms with E-state index in [4.69, 9.17) is 27.9 Å².